The van der Waals surface area contributed by atoms with Gasteiger partial charge in [-0.3, -0.25) is 4.79 Å². The summed E-state index contributed by atoms with van der Waals surface area (Å²) in [5.74, 6) is 2.01. The summed E-state index contributed by atoms with van der Waals surface area (Å²) in [6.07, 6.45) is 1.73. The molecule has 140 valence electrons. The number of aromatic nitrogens is 2. The van der Waals surface area contributed by atoms with Gasteiger partial charge in [0.2, 0.25) is 0 Å². The fraction of sp³-hybridized carbons (Fsp3) is 0.238. The van der Waals surface area contributed by atoms with Gasteiger partial charge in [0.25, 0.3) is 5.56 Å². The van der Waals surface area contributed by atoms with Crippen molar-refractivity contribution in [2.24, 2.45) is 5.92 Å². The Kier molecular flexibility index (Phi) is 5.81. The predicted molar refractivity (Wildman–Crippen MR) is 109 cm³/mol. The number of rotatable bonds is 6. The van der Waals surface area contributed by atoms with Gasteiger partial charge in [-0.25, -0.2) is 4.98 Å². The van der Waals surface area contributed by atoms with E-state index in [9.17, 15) is 4.79 Å². The van der Waals surface area contributed by atoms with Gasteiger partial charge in [0.15, 0.2) is 17.3 Å². The first-order valence-electron chi connectivity index (χ1n) is 8.65. The maximum Gasteiger partial charge on any atom is 0.259 e. The second-order valence-corrected chi connectivity index (χ2v) is 6.95. The normalized spacial score (nSPS) is 11.8. The molecule has 0 aliphatic heterocycles. The van der Waals surface area contributed by atoms with Gasteiger partial charge in [-0.2, -0.15) is 0 Å². The van der Waals surface area contributed by atoms with Crippen LogP contribution in [0.5, 0.6) is 11.5 Å². The van der Waals surface area contributed by atoms with Gasteiger partial charge in [-0.15, -0.1) is 0 Å². The zero-order chi connectivity index (χ0) is 19.4. The number of fused-ring (bicyclic) bond motifs is 1. The molecule has 0 saturated carbocycles. The number of nitrogens with one attached hydrogen (secondary N) is 1. The molecule has 0 aliphatic carbocycles. The van der Waals surface area contributed by atoms with Gasteiger partial charge in [0, 0.05) is 0 Å². The fourth-order valence-electron chi connectivity index (χ4n) is 2.57. The zero-order valence-electron chi connectivity index (χ0n) is 15.5. The predicted octanol–water partition coefficient (Wildman–Crippen LogP) is 4.70. The number of methoxy groups -OCH3 is 1. The lowest BCUT2D eigenvalue weighted by Crippen LogP contribution is -2.10. The van der Waals surface area contributed by atoms with Crippen LogP contribution in [0.1, 0.15) is 25.2 Å². The maximum atomic E-state index is 12.2. The van der Waals surface area contributed by atoms with E-state index in [0.29, 0.717) is 45.8 Å². The Morgan fingerprint density at radius 3 is 2.74 bits per heavy atom. The molecule has 1 heterocycles. The van der Waals surface area contributed by atoms with Gasteiger partial charge in [-0.1, -0.05) is 43.6 Å². The second kappa shape index (κ2) is 8.27. The molecule has 0 fully saturated rings. The number of benzene rings is 2. The Balaban J connectivity index is 1.96. The highest BCUT2D eigenvalue weighted by atomic mass is 35.5. The lowest BCUT2D eigenvalue weighted by atomic mass is 10.1. The van der Waals surface area contributed by atoms with E-state index in [4.69, 9.17) is 21.1 Å². The number of aromatic amines is 1. The van der Waals surface area contributed by atoms with E-state index in [0.717, 1.165) is 5.56 Å². The monoisotopic (exact) mass is 384 g/mol. The summed E-state index contributed by atoms with van der Waals surface area (Å²) in [5, 5.41) is 0.859. The van der Waals surface area contributed by atoms with E-state index in [1.165, 1.54) is 0 Å². The van der Waals surface area contributed by atoms with E-state index in [2.05, 4.69) is 23.8 Å². The van der Waals surface area contributed by atoms with E-state index < -0.39 is 0 Å². The minimum atomic E-state index is -0.224. The van der Waals surface area contributed by atoms with Crippen molar-refractivity contribution >= 4 is 33.6 Å². The van der Waals surface area contributed by atoms with Crippen LogP contribution in [0.25, 0.3) is 22.0 Å². The minimum Gasteiger partial charge on any atom is -0.493 e. The quantitative estimate of drug-likeness (QED) is 0.668. The topological polar surface area (TPSA) is 64.2 Å². The van der Waals surface area contributed by atoms with Crippen LogP contribution >= 0.6 is 11.6 Å². The van der Waals surface area contributed by atoms with Crippen molar-refractivity contribution in [2.75, 3.05) is 13.7 Å². The molecule has 3 rings (SSSR count). The van der Waals surface area contributed by atoms with Gasteiger partial charge in [0.05, 0.1) is 29.7 Å². The Morgan fingerprint density at radius 2 is 2.00 bits per heavy atom. The molecule has 0 spiro atoms. The van der Waals surface area contributed by atoms with Crippen molar-refractivity contribution in [3.05, 3.63) is 64.2 Å². The van der Waals surface area contributed by atoms with Crippen LogP contribution < -0.4 is 15.0 Å². The molecule has 0 amide bonds. The van der Waals surface area contributed by atoms with Crippen molar-refractivity contribution < 1.29 is 9.47 Å². The molecular formula is C21H21ClN2O3. The molecule has 2 aromatic carbocycles. The molecule has 0 saturated heterocycles. The summed E-state index contributed by atoms with van der Waals surface area (Å²) in [5.41, 5.74) is 1.19. The summed E-state index contributed by atoms with van der Waals surface area (Å²) in [4.78, 5) is 19.4. The smallest absolute Gasteiger partial charge is 0.259 e. The van der Waals surface area contributed by atoms with E-state index in [1.807, 2.05) is 24.3 Å². The van der Waals surface area contributed by atoms with E-state index >= 15 is 0 Å². The van der Waals surface area contributed by atoms with E-state index in [1.54, 1.807) is 31.4 Å². The highest BCUT2D eigenvalue weighted by Crippen LogP contribution is 2.30. The Bertz CT molecular complexity index is 1040. The zero-order valence-corrected chi connectivity index (χ0v) is 16.2. The van der Waals surface area contributed by atoms with Gasteiger partial charge >= 0.3 is 0 Å². The number of para-hydroxylation sites is 1. The van der Waals surface area contributed by atoms with Crippen LogP contribution in [0.15, 0.2) is 47.3 Å². The van der Waals surface area contributed by atoms with Crippen LogP contribution in [0.4, 0.5) is 0 Å². The van der Waals surface area contributed by atoms with Crippen molar-refractivity contribution in [2.45, 2.75) is 13.8 Å². The highest BCUT2D eigenvalue weighted by molar-refractivity contribution is 6.50. The molecule has 0 unspecified atom stereocenters. The molecule has 3 aromatic rings. The van der Waals surface area contributed by atoms with Crippen molar-refractivity contribution in [1.29, 1.82) is 0 Å². The number of hydrogen-bond acceptors (Lipinski definition) is 4. The third-order valence-corrected chi connectivity index (χ3v) is 4.18. The molecule has 0 radical (unpaired) electrons. The van der Waals surface area contributed by atoms with E-state index in [-0.39, 0.29) is 5.56 Å². The first-order valence-corrected chi connectivity index (χ1v) is 9.03. The Labute approximate surface area is 162 Å². The van der Waals surface area contributed by atoms with Crippen molar-refractivity contribution in [3.8, 4) is 11.5 Å². The summed E-state index contributed by atoms with van der Waals surface area (Å²) >= 11 is 6.42. The lowest BCUT2D eigenvalue weighted by Gasteiger charge is -2.13. The minimum absolute atomic E-state index is 0.224. The first kappa shape index (κ1) is 19.0. The standard InChI is InChI=1S/C21H21ClN2O3/c1-13(2)12-27-19-11-14(8-9-18(19)26-3)10-16(22)20-23-17-7-5-4-6-15(17)21(25)24-20/h4-11,13H,12H2,1-3H3,(H,23,24,25)/b16-10-. The van der Waals surface area contributed by atoms with Crippen molar-refractivity contribution in [3.63, 3.8) is 0 Å². The fourth-order valence-corrected chi connectivity index (χ4v) is 2.78. The lowest BCUT2D eigenvalue weighted by molar-refractivity contribution is 0.257. The molecule has 6 heteroatoms. The molecule has 27 heavy (non-hydrogen) atoms. The average molecular weight is 385 g/mol. The number of nitrogens with zero attached hydrogens (tertiary/aromatic N) is 1. The third kappa shape index (κ3) is 4.49. The number of ether oxygens (including phenoxy) is 2. The number of halogens is 1. The molecule has 0 bridgehead atoms. The largest absolute Gasteiger partial charge is 0.493 e. The molecule has 0 atom stereocenters. The molecule has 5 nitrogen and oxygen atoms in total. The van der Waals surface area contributed by atoms with Gasteiger partial charge in [-0.05, 0) is 41.8 Å². The summed E-state index contributed by atoms with van der Waals surface area (Å²) in [7, 11) is 1.60. The molecule has 1 aromatic heterocycles. The number of H-pyrrole nitrogens is 1. The molecule has 0 aliphatic rings. The maximum absolute atomic E-state index is 12.2. The SMILES string of the molecule is COc1ccc(/C=C(\Cl)c2nc3ccccc3c(=O)[nH]2)cc1OCC(C)C. The highest BCUT2D eigenvalue weighted by Gasteiger charge is 2.09. The average Bonchev–Trinajstić information content (AvgIpc) is 2.66. The number of hydrogen-bond donors (Lipinski definition) is 1. The third-order valence-electron chi connectivity index (χ3n) is 3.89. The first-order chi connectivity index (χ1) is 13.0. The van der Waals surface area contributed by atoms with Crippen LogP contribution in [-0.4, -0.2) is 23.7 Å². The van der Waals surface area contributed by atoms with Crippen LogP contribution in [0.2, 0.25) is 0 Å². The second-order valence-electron chi connectivity index (χ2n) is 6.54. The molecular weight excluding hydrogens is 364 g/mol. The van der Waals surface area contributed by atoms with Gasteiger partial charge < -0.3 is 14.5 Å². The van der Waals surface area contributed by atoms with Crippen LogP contribution in [0.3, 0.4) is 0 Å². The summed E-state index contributed by atoms with van der Waals surface area (Å²) in [6.45, 7) is 4.74. The Hall–Kier alpha value is -2.79. The van der Waals surface area contributed by atoms with Crippen LogP contribution in [0, 0.1) is 5.92 Å². The summed E-state index contributed by atoms with van der Waals surface area (Å²) < 4.78 is 11.2. The van der Waals surface area contributed by atoms with Crippen LogP contribution in [-0.2, 0) is 0 Å². The Morgan fingerprint density at radius 1 is 1.22 bits per heavy atom. The van der Waals surface area contributed by atoms with Crippen molar-refractivity contribution in [1.82, 2.24) is 9.97 Å². The summed E-state index contributed by atoms with van der Waals surface area (Å²) in [6, 6.07) is 12.7. The molecule has 1 N–H and O–H groups in total. The van der Waals surface area contributed by atoms with Gasteiger partial charge in [0.1, 0.15) is 0 Å².